The number of nitrogens with zero attached hydrogens (tertiary/aromatic N) is 2. The highest BCUT2D eigenvalue weighted by molar-refractivity contribution is 6.34. The second-order valence-corrected chi connectivity index (χ2v) is 13.7. The van der Waals surface area contributed by atoms with Crippen molar-refractivity contribution in [3.63, 3.8) is 0 Å². The van der Waals surface area contributed by atoms with Crippen molar-refractivity contribution in [2.24, 2.45) is 41.2 Å². The molecule has 1 aromatic rings. The van der Waals surface area contributed by atoms with E-state index in [1.807, 2.05) is 0 Å². The number of likely N-dealkylation sites (N-methyl/N-ethyl adjacent to an activating group) is 1. The van der Waals surface area contributed by atoms with Gasteiger partial charge in [-0.15, -0.1) is 0 Å². The Hall–Kier alpha value is -2.66. The number of phenolic OH excluding ortho intramolecular Hbond substituents is 1. The van der Waals surface area contributed by atoms with Crippen molar-refractivity contribution in [2.75, 3.05) is 20.6 Å². The summed E-state index contributed by atoms with van der Waals surface area (Å²) in [6, 6.07) is 0.813. The molecule has 2 bridgehead atoms. The van der Waals surface area contributed by atoms with E-state index < -0.39 is 64.4 Å². The van der Waals surface area contributed by atoms with Crippen molar-refractivity contribution in [2.45, 2.75) is 69.7 Å². The minimum Gasteiger partial charge on any atom is -0.507 e. The fraction of sp³-hybridized carbons (Fsp3) is 0.645. The van der Waals surface area contributed by atoms with E-state index in [9.17, 15) is 34.2 Å². The number of hydrogen-bond donors (Lipinski definition) is 3. The fourth-order valence-electron chi connectivity index (χ4n) is 9.16. The average Bonchev–Trinajstić information content (AvgIpc) is 3.55. The van der Waals surface area contributed by atoms with Gasteiger partial charge in [0.05, 0.1) is 17.5 Å². The maximum Gasteiger partial charge on any atom is 0.235 e. The third-order valence-corrected chi connectivity index (χ3v) is 11.5. The number of fused-ring (bicyclic) bond motifs is 5. The minimum atomic E-state index is -2.74. The summed E-state index contributed by atoms with van der Waals surface area (Å²) >= 11 is 6.97. The molecule has 6 rings (SSSR count). The predicted octanol–water partition coefficient (Wildman–Crippen LogP) is 1.53. The van der Waals surface area contributed by atoms with Crippen LogP contribution in [0.5, 0.6) is 5.75 Å². The number of ketones is 4. The summed E-state index contributed by atoms with van der Waals surface area (Å²) < 4.78 is 0. The van der Waals surface area contributed by atoms with E-state index in [-0.39, 0.29) is 24.2 Å². The molecule has 0 aliphatic heterocycles. The lowest BCUT2D eigenvalue weighted by atomic mass is 9.52. The maximum atomic E-state index is 14.0. The molecular formula is C31H38ClN3O7. The molecule has 4 N–H and O–H groups in total. The number of amides is 1. The highest BCUT2D eigenvalue weighted by Gasteiger charge is 2.69. The van der Waals surface area contributed by atoms with Gasteiger partial charge in [-0.05, 0) is 87.7 Å². The number of hydrogen-bond acceptors (Lipinski definition) is 9. The summed E-state index contributed by atoms with van der Waals surface area (Å²) in [5.41, 5.74) is 3.72. The summed E-state index contributed by atoms with van der Waals surface area (Å²) in [6.45, 7) is 3.45. The van der Waals surface area contributed by atoms with Crippen LogP contribution in [0.3, 0.4) is 0 Å². The summed E-state index contributed by atoms with van der Waals surface area (Å²) in [4.78, 5) is 70.5. The van der Waals surface area contributed by atoms with Crippen molar-refractivity contribution in [1.29, 1.82) is 0 Å². The first-order valence-electron chi connectivity index (χ1n) is 14.9. The molecule has 5 aliphatic rings. The number of primary amides is 1. The predicted molar refractivity (Wildman–Crippen MR) is 152 cm³/mol. The lowest BCUT2D eigenvalue weighted by molar-refractivity contribution is -0.181. The molecule has 11 heteroatoms. The van der Waals surface area contributed by atoms with Crippen LogP contribution in [0.15, 0.2) is 6.07 Å². The molecule has 5 aliphatic carbocycles. The van der Waals surface area contributed by atoms with Gasteiger partial charge in [0.25, 0.3) is 0 Å². The number of aromatic hydroxyl groups is 1. The number of carbonyl (C=O) groups excluding carboxylic acids is 5. The van der Waals surface area contributed by atoms with Crippen LogP contribution in [0.25, 0.3) is 0 Å². The Morgan fingerprint density at radius 3 is 2.38 bits per heavy atom. The first kappa shape index (κ1) is 29.4. The molecule has 0 radical (unpaired) electrons. The number of nitrogens with two attached hydrogens (primary N) is 1. The van der Waals surface area contributed by atoms with E-state index in [2.05, 4.69) is 11.8 Å². The first-order valence-corrected chi connectivity index (χ1v) is 15.3. The molecule has 42 heavy (non-hydrogen) atoms. The van der Waals surface area contributed by atoms with Crippen LogP contribution >= 0.6 is 11.6 Å². The molecule has 10 nitrogen and oxygen atoms in total. The highest BCUT2D eigenvalue weighted by atomic mass is 35.5. The Morgan fingerprint density at radius 2 is 1.81 bits per heavy atom. The van der Waals surface area contributed by atoms with Crippen molar-refractivity contribution in [1.82, 2.24) is 9.80 Å². The van der Waals surface area contributed by atoms with Gasteiger partial charge < -0.3 is 15.9 Å². The van der Waals surface area contributed by atoms with E-state index in [1.54, 1.807) is 14.1 Å². The number of aliphatic hydroxyl groups is 1. The molecule has 4 unspecified atom stereocenters. The Balaban J connectivity index is 1.37. The number of phenols is 1. The number of carbonyl (C=O) groups is 5. The van der Waals surface area contributed by atoms with Crippen molar-refractivity contribution < 1.29 is 34.2 Å². The summed E-state index contributed by atoms with van der Waals surface area (Å²) in [7, 11) is 3.12. The summed E-state index contributed by atoms with van der Waals surface area (Å²) in [6.07, 6.45) is 5.08. The standard InChI is InChI=1S/C31H38ClN3O7/c1-4-35(19-8-13-5-6-14(19)7-13)12-16-11-20(36)22-17(24(16)32)9-15-10-18-25(34(2)3)27(38)23(30(33)41)29(40)31(18,42)28(39)21(15)26(22)37/h11,13-15,18-19,21,23,25,36,42H,4-10,12H2,1-3H3,(H2,33,41)/t13?,14?,15-,18-,19+,21?,23?,25-,31-/m0/s1. The van der Waals surface area contributed by atoms with Crippen molar-refractivity contribution >= 4 is 40.6 Å². The SMILES string of the molecule is CCN(Cc1cc(O)c2c(c1Cl)C[C@H]1C[C@H]3[C@H](N(C)C)C(=O)C(C(N)=O)C(=O)[C@@]3(O)C(=O)C1C2=O)[C@@H]1CC2CCC1C2. The molecule has 0 heterocycles. The minimum absolute atomic E-state index is 0.00254. The number of halogens is 1. The molecule has 0 aromatic heterocycles. The molecule has 0 spiro atoms. The second-order valence-electron chi connectivity index (χ2n) is 13.3. The van der Waals surface area contributed by atoms with Gasteiger partial charge in [0, 0.05) is 23.5 Å². The van der Waals surface area contributed by atoms with Gasteiger partial charge in [0.2, 0.25) is 5.91 Å². The van der Waals surface area contributed by atoms with Crippen LogP contribution < -0.4 is 5.73 Å². The topological polar surface area (TPSA) is 158 Å². The monoisotopic (exact) mass is 599 g/mol. The van der Waals surface area contributed by atoms with Gasteiger partial charge in [-0.25, -0.2) is 0 Å². The van der Waals surface area contributed by atoms with Crippen LogP contribution in [0, 0.1) is 35.5 Å². The first-order chi connectivity index (χ1) is 19.8. The largest absolute Gasteiger partial charge is 0.507 e. The van der Waals surface area contributed by atoms with E-state index in [1.165, 1.54) is 30.2 Å². The molecule has 1 amide bonds. The zero-order valence-electron chi connectivity index (χ0n) is 24.1. The van der Waals surface area contributed by atoms with E-state index in [4.69, 9.17) is 17.3 Å². The number of rotatable bonds is 6. The lowest BCUT2D eigenvalue weighted by Gasteiger charge is -2.52. The van der Waals surface area contributed by atoms with Crippen LogP contribution in [0.2, 0.25) is 5.02 Å². The van der Waals surface area contributed by atoms with E-state index >= 15 is 0 Å². The quantitative estimate of drug-likeness (QED) is 0.412. The highest BCUT2D eigenvalue weighted by Crippen LogP contribution is 2.52. The van der Waals surface area contributed by atoms with Gasteiger partial charge in [-0.1, -0.05) is 24.9 Å². The molecular weight excluding hydrogens is 562 g/mol. The normalized spacial score (nSPS) is 37.3. The van der Waals surface area contributed by atoms with Crippen LogP contribution in [0.1, 0.15) is 60.5 Å². The van der Waals surface area contributed by atoms with Gasteiger partial charge >= 0.3 is 0 Å². The Morgan fingerprint density at radius 1 is 1.10 bits per heavy atom. The smallest absolute Gasteiger partial charge is 0.235 e. The van der Waals surface area contributed by atoms with E-state index in [0.29, 0.717) is 34.7 Å². The van der Waals surface area contributed by atoms with Gasteiger partial charge in [-0.2, -0.15) is 0 Å². The van der Waals surface area contributed by atoms with Crippen LogP contribution in [-0.4, -0.2) is 87.4 Å². The Bertz CT molecular complexity index is 1410. The Kier molecular flexibility index (Phi) is 7.15. The number of benzene rings is 1. The maximum absolute atomic E-state index is 14.0. The third-order valence-electron chi connectivity index (χ3n) is 11.0. The second kappa shape index (κ2) is 10.2. The van der Waals surface area contributed by atoms with E-state index in [0.717, 1.165) is 18.9 Å². The van der Waals surface area contributed by atoms with Crippen molar-refractivity contribution in [3.05, 3.63) is 27.8 Å². The van der Waals surface area contributed by atoms with Crippen molar-refractivity contribution in [3.8, 4) is 5.75 Å². The van der Waals surface area contributed by atoms with Gasteiger partial charge in [0.1, 0.15) is 5.75 Å². The fourth-order valence-corrected chi connectivity index (χ4v) is 9.45. The van der Waals surface area contributed by atoms with Gasteiger partial charge in [0.15, 0.2) is 34.7 Å². The Labute approximate surface area is 249 Å². The zero-order chi connectivity index (χ0) is 30.4. The molecule has 4 fully saturated rings. The third kappa shape index (κ3) is 4.05. The van der Waals surface area contributed by atoms with Crippen LogP contribution in [-0.2, 0) is 32.1 Å². The summed E-state index contributed by atoms with van der Waals surface area (Å²) in [5, 5.41) is 23.2. The molecule has 0 saturated heterocycles. The molecule has 226 valence electrons. The summed E-state index contributed by atoms with van der Waals surface area (Å²) in [5.74, 6) is -9.17. The van der Waals surface area contributed by atoms with Gasteiger partial charge in [-0.3, -0.25) is 33.8 Å². The molecule has 9 atom stereocenters. The van der Waals surface area contributed by atoms with Crippen LogP contribution in [0.4, 0.5) is 0 Å². The molecule has 4 saturated carbocycles. The number of Topliss-reactive ketones (excluding diaryl/α,β-unsaturated/α-hetero) is 4. The molecule has 1 aromatic carbocycles. The zero-order valence-corrected chi connectivity index (χ0v) is 24.9. The lowest BCUT2D eigenvalue weighted by Crippen LogP contribution is -2.74. The average molecular weight is 600 g/mol.